The molecule has 0 radical (unpaired) electrons. The van der Waals surface area contributed by atoms with Crippen molar-refractivity contribution in [3.8, 4) is 6.07 Å². The fraction of sp³-hybridized carbons (Fsp3) is 0.500. The number of rotatable bonds is 4. The van der Waals surface area contributed by atoms with E-state index in [1.807, 2.05) is 25.1 Å². The van der Waals surface area contributed by atoms with Crippen molar-refractivity contribution in [2.75, 3.05) is 32.9 Å². The van der Waals surface area contributed by atoms with Crippen LogP contribution in [0.4, 0.5) is 5.69 Å². The molecule has 1 heterocycles. The molecule has 1 fully saturated rings. The van der Waals surface area contributed by atoms with E-state index in [1.54, 1.807) is 0 Å². The number of hydrogen-bond acceptors (Lipinski definition) is 5. The molecule has 1 aliphatic heterocycles. The Kier molecular flexibility index (Phi) is 4.52. The highest BCUT2D eigenvalue weighted by Crippen LogP contribution is 2.28. The normalized spacial score (nSPS) is 19.8. The third-order valence-electron chi connectivity index (χ3n) is 3.61. The van der Waals surface area contributed by atoms with Crippen molar-refractivity contribution in [3.05, 3.63) is 23.8 Å². The molecule has 1 aliphatic rings. The molecule has 0 aromatic heterocycles. The molecule has 0 aliphatic carbocycles. The Hall–Kier alpha value is -1.62. The summed E-state index contributed by atoms with van der Waals surface area (Å²) in [6.07, 6.45) is 1.68. The van der Waals surface area contributed by atoms with Crippen LogP contribution in [0.2, 0.25) is 0 Å². The van der Waals surface area contributed by atoms with Gasteiger partial charge in [-0.25, -0.2) is 8.42 Å². The Labute approximate surface area is 125 Å². The lowest BCUT2D eigenvalue weighted by Crippen LogP contribution is -2.41. The minimum Gasteiger partial charge on any atom is -0.399 e. The van der Waals surface area contributed by atoms with E-state index in [4.69, 9.17) is 11.0 Å². The molecule has 114 valence electrons. The molecule has 7 heteroatoms. The van der Waals surface area contributed by atoms with E-state index in [-0.39, 0.29) is 16.5 Å². The van der Waals surface area contributed by atoms with Crippen molar-refractivity contribution in [3.63, 3.8) is 0 Å². The van der Waals surface area contributed by atoms with Gasteiger partial charge in [0.1, 0.15) is 11.0 Å². The van der Waals surface area contributed by atoms with Crippen LogP contribution in [0, 0.1) is 11.3 Å². The fourth-order valence-corrected chi connectivity index (χ4v) is 4.53. The quantitative estimate of drug-likeness (QED) is 0.833. The van der Waals surface area contributed by atoms with Gasteiger partial charge in [0.2, 0.25) is 10.0 Å². The average Bonchev–Trinajstić information content (AvgIpc) is 2.86. The zero-order valence-electron chi connectivity index (χ0n) is 12.3. The molecule has 2 rings (SSSR count). The number of benzene rings is 1. The van der Waals surface area contributed by atoms with Crippen LogP contribution in [-0.2, 0) is 10.0 Å². The molecule has 2 N–H and O–H groups in total. The zero-order chi connectivity index (χ0) is 15.6. The van der Waals surface area contributed by atoms with Gasteiger partial charge in [0.05, 0.1) is 5.56 Å². The predicted molar refractivity (Wildman–Crippen MR) is 81.0 cm³/mol. The van der Waals surface area contributed by atoms with Crippen LogP contribution >= 0.6 is 0 Å². The third kappa shape index (κ3) is 3.18. The number of anilines is 1. The summed E-state index contributed by atoms with van der Waals surface area (Å²) in [5.41, 5.74) is 6.11. The summed E-state index contributed by atoms with van der Waals surface area (Å²) in [6.45, 7) is 1.17. The minimum absolute atomic E-state index is 0.0462. The van der Waals surface area contributed by atoms with Crippen LogP contribution in [0.25, 0.3) is 0 Å². The molecule has 1 saturated heterocycles. The van der Waals surface area contributed by atoms with Gasteiger partial charge in [-0.2, -0.15) is 9.57 Å². The molecular formula is C14H20N4O2S. The van der Waals surface area contributed by atoms with Gasteiger partial charge in [-0.05, 0) is 45.1 Å². The Balaban J connectivity index is 2.40. The fourth-order valence-electron chi connectivity index (χ4n) is 2.72. The summed E-state index contributed by atoms with van der Waals surface area (Å²) in [6, 6.07) is 6.23. The summed E-state index contributed by atoms with van der Waals surface area (Å²) < 4.78 is 27.2. The summed E-state index contributed by atoms with van der Waals surface area (Å²) in [7, 11) is 0.183. The van der Waals surface area contributed by atoms with E-state index in [0.29, 0.717) is 18.8 Å². The van der Waals surface area contributed by atoms with E-state index in [9.17, 15) is 8.42 Å². The number of nitriles is 1. The van der Waals surface area contributed by atoms with Crippen molar-refractivity contribution in [2.45, 2.75) is 23.8 Å². The van der Waals surface area contributed by atoms with E-state index in [0.717, 1.165) is 12.8 Å². The standard InChI is InChI=1S/C14H20N4O2S/c1-17(2)10-13-4-3-7-18(13)21(19,20)14-6-5-12(16)8-11(14)9-15/h5-6,8,13H,3-4,7,10,16H2,1-2H3. The van der Waals surface area contributed by atoms with Crippen molar-refractivity contribution >= 4 is 15.7 Å². The molecule has 1 aromatic rings. The summed E-state index contributed by atoms with van der Waals surface area (Å²) in [4.78, 5) is 2.03. The number of nitrogens with two attached hydrogens (primary N) is 1. The van der Waals surface area contributed by atoms with E-state index < -0.39 is 10.0 Å². The van der Waals surface area contributed by atoms with E-state index in [2.05, 4.69) is 0 Å². The lowest BCUT2D eigenvalue weighted by Gasteiger charge is -2.26. The highest BCUT2D eigenvalue weighted by molar-refractivity contribution is 7.89. The van der Waals surface area contributed by atoms with E-state index in [1.165, 1.54) is 22.5 Å². The Morgan fingerprint density at radius 2 is 2.19 bits per heavy atom. The third-order valence-corrected chi connectivity index (χ3v) is 5.62. The minimum atomic E-state index is -3.66. The molecule has 0 saturated carbocycles. The Bertz CT molecular complexity index is 664. The highest BCUT2D eigenvalue weighted by atomic mass is 32.2. The summed E-state index contributed by atoms with van der Waals surface area (Å²) in [5.74, 6) is 0. The highest BCUT2D eigenvalue weighted by Gasteiger charge is 2.36. The topological polar surface area (TPSA) is 90.4 Å². The van der Waals surface area contributed by atoms with Gasteiger partial charge in [0.15, 0.2) is 0 Å². The van der Waals surface area contributed by atoms with Crippen LogP contribution in [0.5, 0.6) is 0 Å². The number of sulfonamides is 1. The molecule has 21 heavy (non-hydrogen) atoms. The lowest BCUT2D eigenvalue weighted by atomic mass is 10.2. The van der Waals surface area contributed by atoms with Gasteiger partial charge >= 0.3 is 0 Å². The molecule has 0 spiro atoms. The first kappa shape index (κ1) is 15.8. The summed E-state index contributed by atoms with van der Waals surface area (Å²) in [5, 5.41) is 9.16. The lowest BCUT2D eigenvalue weighted by molar-refractivity contribution is 0.291. The first-order chi connectivity index (χ1) is 9.86. The van der Waals surface area contributed by atoms with Gasteiger partial charge in [-0.15, -0.1) is 0 Å². The second kappa shape index (κ2) is 6.02. The van der Waals surface area contributed by atoms with Crippen LogP contribution in [0.15, 0.2) is 23.1 Å². The SMILES string of the molecule is CN(C)CC1CCCN1S(=O)(=O)c1ccc(N)cc1C#N. The molecule has 6 nitrogen and oxygen atoms in total. The van der Waals surface area contributed by atoms with Crippen LogP contribution in [-0.4, -0.2) is 50.8 Å². The predicted octanol–water partition coefficient (Wildman–Crippen LogP) is 0.855. The van der Waals surface area contributed by atoms with Gasteiger partial charge in [0.25, 0.3) is 0 Å². The zero-order valence-corrected chi connectivity index (χ0v) is 13.1. The maximum Gasteiger partial charge on any atom is 0.244 e. The maximum absolute atomic E-state index is 12.8. The largest absolute Gasteiger partial charge is 0.399 e. The average molecular weight is 308 g/mol. The second-order valence-electron chi connectivity index (χ2n) is 5.54. The van der Waals surface area contributed by atoms with Crippen molar-refractivity contribution < 1.29 is 8.42 Å². The van der Waals surface area contributed by atoms with Crippen molar-refractivity contribution in [2.24, 2.45) is 0 Å². The number of likely N-dealkylation sites (N-methyl/N-ethyl adjacent to an activating group) is 1. The smallest absolute Gasteiger partial charge is 0.244 e. The van der Waals surface area contributed by atoms with Crippen molar-refractivity contribution in [1.29, 1.82) is 5.26 Å². The molecular weight excluding hydrogens is 288 g/mol. The Morgan fingerprint density at radius 3 is 2.81 bits per heavy atom. The summed E-state index contributed by atoms with van der Waals surface area (Å²) >= 11 is 0. The van der Waals surface area contributed by atoms with Gasteiger partial charge in [0, 0.05) is 24.8 Å². The van der Waals surface area contributed by atoms with Gasteiger partial charge in [-0.1, -0.05) is 0 Å². The molecule has 0 bridgehead atoms. The first-order valence-electron chi connectivity index (χ1n) is 6.82. The monoisotopic (exact) mass is 308 g/mol. The van der Waals surface area contributed by atoms with Crippen molar-refractivity contribution in [1.82, 2.24) is 9.21 Å². The van der Waals surface area contributed by atoms with E-state index >= 15 is 0 Å². The van der Waals surface area contributed by atoms with Crippen LogP contribution in [0.3, 0.4) is 0 Å². The Morgan fingerprint density at radius 1 is 1.48 bits per heavy atom. The van der Waals surface area contributed by atoms with Gasteiger partial charge in [-0.3, -0.25) is 0 Å². The van der Waals surface area contributed by atoms with Crippen LogP contribution < -0.4 is 5.73 Å². The molecule has 1 aromatic carbocycles. The molecule has 0 amide bonds. The number of nitrogen functional groups attached to an aromatic ring is 1. The van der Waals surface area contributed by atoms with Gasteiger partial charge < -0.3 is 10.6 Å². The second-order valence-corrected chi connectivity index (χ2v) is 7.40. The number of nitrogens with zero attached hydrogens (tertiary/aromatic N) is 3. The number of hydrogen-bond donors (Lipinski definition) is 1. The van der Waals surface area contributed by atoms with Crippen LogP contribution in [0.1, 0.15) is 18.4 Å². The molecule has 1 unspecified atom stereocenters. The first-order valence-corrected chi connectivity index (χ1v) is 8.26. The maximum atomic E-state index is 12.8. The molecule has 1 atom stereocenters.